The Hall–Kier alpha value is -0.120. The minimum absolute atomic E-state index is 0.332. The van der Waals surface area contributed by atoms with Gasteiger partial charge in [-0.3, -0.25) is 0 Å². The van der Waals surface area contributed by atoms with Crippen LogP contribution in [0.3, 0.4) is 0 Å². The van der Waals surface area contributed by atoms with Gasteiger partial charge in [0.1, 0.15) is 0 Å². The van der Waals surface area contributed by atoms with Crippen LogP contribution in [0.25, 0.3) is 0 Å². The van der Waals surface area contributed by atoms with E-state index in [0.29, 0.717) is 12.5 Å². The zero-order valence-corrected chi connectivity index (χ0v) is 10.7. The maximum absolute atomic E-state index is 8.96. The Morgan fingerprint density at radius 1 is 1.25 bits per heavy atom. The van der Waals surface area contributed by atoms with Crippen LogP contribution in [-0.4, -0.2) is 49.3 Å². The summed E-state index contributed by atoms with van der Waals surface area (Å²) in [6.07, 6.45) is 6.16. The van der Waals surface area contributed by atoms with E-state index in [0.717, 1.165) is 19.5 Å². The monoisotopic (exact) mass is 228 g/mol. The predicted molar refractivity (Wildman–Crippen MR) is 68.6 cm³/mol. The van der Waals surface area contributed by atoms with Gasteiger partial charge in [0.25, 0.3) is 0 Å². The van der Waals surface area contributed by atoms with Gasteiger partial charge in [0, 0.05) is 19.7 Å². The number of nitrogens with one attached hydrogen (secondary N) is 1. The molecule has 1 fully saturated rings. The highest BCUT2D eigenvalue weighted by molar-refractivity contribution is 4.68. The van der Waals surface area contributed by atoms with Crippen molar-refractivity contribution in [2.75, 3.05) is 39.3 Å². The van der Waals surface area contributed by atoms with Gasteiger partial charge in [-0.15, -0.1) is 0 Å². The minimum atomic E-state index is 0.332. The molecule has 1 aliphatic heterocycles. The van der Waals surface area contributed by atoms with E-state index in [4.69, 9.17) is 5.11 Å². The summed E-state index contributed by atoms with van der Waals surface area (Å²) in [5.41, 5.74) is 0. The van der Waals surface area contributed by atoms with Crippen LogP contribution in [0.1, 0.15) is 39.0 Å². The van der Waals surface area contributed by atoms with Gasteiger partial charge in [-0.05, 0) is 51.2 Å². The summed E-state index contributed by atoms with van der Waals surface area (Å²) in [5, 5.41) is 12.5. The SMILES string of the molecule is CCCC(CCO)CNCCN1CCCC1. The van der Waals surface area contributed by atoms with Crippen molar-refractivity contribution in [1.29, 1.82) is 0 Å². The second kappa shape index (κ2) is 8.97. The smallest absolute Gasteiger partial charge is 0.0434 e. The Bertz CT molecular complexity index is 152. The summed E-state index contributed by atoms with van der Waals surface area (Å²) in [4.78, 5) is 2.54. The molecular weight excluding hydrogens is 200 g/mol. The lowest BCUT2D eigenvalue weighted by Crippen LogP contribution is -2.32. The van der Waals surface area contributed by atoms with Gasteiger partial charge in [0.2, 0.25) is 0 Å². The molecule has 1 atom stereocenters. The number of rotatable bonds is 9. The molecule has 0 spiro atoms. The normalized spacial score (nSPS) is 19.1. The molecular formula is C13H28N2O. The van der Waals surface area contributed by atoms with Crippen LogP contribution in [0, 0.1) is 5.92 Å². The molecule has 1 unspecified atom stereocenters. The molecule has 2 N–H and O–H groups in total. The Kier molecular flexibility index (Phi) is 7.81. The third-order valence-corrected chi connectivity index (χ3v) is 3.47. The second-order valence-corrected chi connectivity index (χ2v) is 4.92. The average Bonchev–Trinajstić information content (AvgIpc) is 2.78. The minimum Gasteiger partial charge on any atom is -0.396 e. The first kappa shape index (κ1) is 13.9. The van der Waals surface area contributed by atoms with Crippen LogP contribution in [0.15, 0.2) is 0 Å². The van der Waals surface area contributed by atoms with E-state index < -0.39 is 0 Å². The quantitative estimate of drug-likeness (QED) is 0.587. The van der Waals surface area contributed by atoms with Crippen LogP contribution in [0.2, 0.25) is 0 Å². The highest BCUT2D eigenvalue weighted by Crippen LogP contribution is 2.09. The molecule has 0 saturated carbocycles. The summed E-state index contributed by atoms with van der Waals surface area (Å²) >= 11 is 0. The van der Waals surface area contributed by atoms with Crippen LogP contribution in [0.4, 0.5) is 0 Å². The lowest BCUT2D eigenvalue weighted by atomic mass is 10.0. The highest BCUT2D eigenvalue weighted by atomic mass is 16.3. The van der Waals surface area contributed by atoms with Crippen molar-refractivity contribution in [1.82, 2.24) is 10.2 Å². The molecule has 96 valence electrons. The van der Waals surface area contributed by atoms with Crippen molar-refractivity contribution in [3.05, 3.63) is 0 Å². The first-order chi connectivity index (χ1) is 7.86. The molecule has 0 amide bonds. The maximum Gasteiger partial charge on any atom is 0.0434 e. The van der Waals surface area contributed by atoms with E-state index in [9.17, 15) is 0 Å². The number of hydrogen-bond donors (Lipinski definition) is 2. The molecule has 0 aromatic carbocycles. The van der Waals surface area contributed by atoms with E-state index >= 15 is 0 Å². The number of nitrogens with zero attached hydrogens (tertiary/aromatic N) is 1. The topological polar surface area (TPSA) is 35.5 Å². The van der Waals surface area contributed by atoms with Crippen molar-refractivity contribution < 1.29 is 5.11 Å². The molecule has 0 bridgehead atoms. The molecule has 0 aliphatic carbocycles. The molecule has 1 rings (SSSR count). The summed E-state index contributed by atoms with van der Waals surface area (Å²) in [5.74, 6) is 0.661. The van der Waals surface area contributed by atoms with Crippen LogP contribution >= 0.6 is 0 Å². The Morgan fingerprint density at radius 2 is 2.00 bits per heavy atom. The van der Waals surface area contributed by atoms with Crippen molar-refractivity contribution in [3.63, 3.8) is 0 Å². The Balaban J connectivity index is 1.98. The average molecular weight is 228 g/mol. The standard InChI is InChI=1S/C13H28N2O/c1-2-5-13(6-11-16)12-14-7-10-15-8-3-4-9-15/h13-14,16H,2-12H2,1H3. The van der Waals surface area contributed by atoms with Gasteiger partial charge in [0.15, 0.2) is 0 Å². The van der Waals surface area contributed by atoms with Gasteiger partial charge in [-0.2, -0.15) is 0 Å². The van der Waals surface area contributed by atoms with Crippen molar-refractivity contribution in [3.8, 4) is 0 Å². The fourth-order valence-corrected chi connectivity index (χ4v) is 2.49. The van der Waals surface area contributed by atoms with Gasteiger partial charge in [-0.25, -0.2) is 0 Å². The van der Waals surface area contributed by atoms with Crippen molar-refractivity contribution >= 4 is 0 Å². The first-order valence-corrected chi connectivity index (χ1v) is 6.90. The number of aliphatic hydroxyl groups excluding tert-OH is 1. The van der Waals surface area contributed by atoms with E-state index in [-0.39, 0.29) is 0 Å². The molecule has 0 aromatic heterocycles. The largest absolute Gasteiger partial charge is 0.396 e. The van der Waals surface area contributed by atoms with Crippen molar-refractivity contribution in [2.45, 2.75) is 39.0 Å². The van der Waals surface area contributed by atoms with E-state index in [1.165, 1.54) is 45.3 Å². The van der Waals surface area contributed by atoms with E-state index in [1.54, 1.807) is 0 Å². The zero-order chi connectivity index (χ0) is 11.6. The Labute approximate surface area is 100 Å². The van der Waals surface area contributed by atoms with Crippen LogP contribution in [-0.2, 0) is 0 Å². The van der Waals surface area contributed by atoms with Crippen LogP contribution < -0.4 is 5.32 Å². The van der Waals surface area contributed by atoms with Crippen molar-refractivity contribution in [2.24, 2.45) is 5.92 Å². The van der Waals surface area contributed by atoms with Gasteiger partial charge in [-0.1, -0.05) is 13.3 Å². The lowest BCUT2D eigenvalue weighted by Gasteiger charge is -2.18. The molecule has 3 nitrogen and oxygen atoms in total. The summed E-state index contributed by atoms with van der Waals surface area (Å²) < 4.78 is 0. The summed E-state index contributed by atoms with van der Waals surface area (Å²) in [6, 6.07) is 0. The molecule has 1 aliphatic rings. The fraction of sp³-hybridized carbons (Fsp3) is 1.00. The molecule has 16 heavy (non-hydrogen) atoms. The zero-order valence-electron chi connectivity index (χ0n) is 10.7. The first-order valence-electron chi connectivity index (χ1n) is 6.90. The van der Waals surface area contributed by atoms with Gasteiger partial charge in [0.05, 0.1) is 0 Å². The third-order valence-electron chi connectivity index (χ3n) is 3.47. The predicted octanol–water partition coefficient (Wildman–Crippen LogP) is 1.47. The van der Waals surface area contributed by atoms with Crippen LogP contribution in [0.5, 0.6) is 0 Å². The molecule has 1 heterocycles. The molecule has 1 saturated heterocycles. The summed E-state index contributed by atoms with van der Waals surface area (Å²) in [6.45, 7) is 8.49. The molecule has 3 heteroatoms. The Morgan fingerprint density at radius 3 is 2.62 bits per heavy atom. The van der Waals surface area contributed by atoms with Gasteiger partial charge < -0.3 is 15.3 Å². The number of aliphatic hydroxyl groups is 1. The maximum atomic E-state index is 8.96. The second-order valence-electron chi connectivity index (χ2n) is 4.92. The van der Waals surface area contributed by atoms with Gasteiger partial charge >= 0.3 is 0 Å². The summed E-state index contributed by atoms with van der Waals surface area (Å²) in [7, 11) is 0. The number of likely N-dealkylation sites (tertiary alicyclic amines) is 1. The fourth-order valence-electron chi connectivity index (χ4n) is 2.49. The molecule has 0 aromatic rings. The van der Waals surface area contributed by atoms with E-state index in [2.05, 4.69) is 17.1 Å². The lowest BCUT2D eigenvalue weighted by molar-refractivity contribution is 0.246. The van der Waals surface area contributed by atoms with E-state index in [1.807, 2.05) is 0 Å². The number of hydrogen-bond acceptors (Lipinski definition) is 3. The highest BCUT2D eigenvalue weighted by Gasteiger charge is 2.11. The third kappa shape index (κ3) is 5.83. The molecule has 0 radical (unpaired) electrons.